The van der Waals surface area contributed by atoms with Gasteiger partial charge in [-0.15, -0.1) is 0 Å². The fourth-order valence-corrected chi connectivity index (χ4v) is 1.87. The minimum atomic E-state index is -0.521. The molecule has 0 unspecified atom stereocenters. The Labute approximate surface area is 121 Å². The molecule has 5 nitrogen and oxygen atoms in total. The van der Waals surface area contributed by atoms with E-state index in [1.165, 1.54) is 29.1 Å². The molecule has 1 heterocycles. The molecule has 0 aliphatic heterocycles. The summed E-state index contributed by atoms with van der Waals surface area (Å²) in [5.74, 6) is -0.521. The average Bonchev–Trinajstić information content (AvgIpc) is 2.43. The Bertz CT molecular complexity index is 746. The molecule has 0 amide bonds. The summed E-state index contributed by atoms with van der Waals surface area (Å²) in [6.45, 7) is 3.94. The van der Waals surface area contributed by atoms with Crippen LogP contribution < -0.4 is 10.9 Å². The average molecular weight is 286 g/mol. The first-order valence-electron chi connectivity index (χ1n) is 6.52. The Morgan fingerprint density at radius 1 is 1.43 bits per heavy atom. The van der Waals surface area contributed by atoms with Crippen molar-refractivity contribution in [3.05, 3.63) is 57.8 Å². The van der Waals surface area contributed by atoms with E-state index in [-0.39, 0.29) is 23.7 Å². The lowest BCUT2D eigenvalue weighted by Gasteiger charge is -2.10. The SMILES string of the molecule is CC(C)Nc1cnn(Cc2ccc(C#N)cc2F)c(=O)c1. The number of halogens is 1. The molecule has 6 heteroatoms. The number of hydrogen-bond acceptors (Lipinski definition) is 4. The second kappa shape index (κ2) is 6.18. The molecule has 0 atom stereocenters. The normalized spacial score (nSPS) is 10.4. The van der Waals surface area contributed by atoms with Gasteiger partial charge in [0.15, 0.2) is 0 Å². The summed E-state index contributed by atoms with van der Waals surface area (Å²) < 4.78 is 15.0. The lowest BCUT2D eigenvalue weighted by Crippen LogP contribution is -2.24. The van der Waals surface area contributed by atoms with E-state index in [0.29, 0.717) is 11.3 Å². The highest BCUT2D eigenvalue weighted by Crippen LogP contribution is 2.11. The summed E-state index contributed by atoms with van der Waals surface area (Å²) in [7, 11) is 0. The number of benzene rings is 1. The number of anilines is 1. The summed E-state index contributed by atoms with van der Waals surface area (Å²) in [6.07, 6.45) is 1.53. The smallest absolute Gasteiger partial charge is 0.269 e. The highest BCUT2D eigenvalue weighted by atomic mass is 19.1. The molecule has 0 fully saturated rings. The first-order chi connectivity index (χ1) is 9.99. The van der Waals surface area contributed by atoms with Gasteiger partial charge in [0.1, 0.15) is 5.82 Å². The van der Waals surface area contributed by atoms with Crippen LogP contribution >= 0.6 is 0 Å². The second-order valence-electron chi connectivity index (χ2n) is 4.96. The van der Waals surface area contributed by atoms with Gasteiger partial charge >= 0.3 is 0 Å². The lowest BCUT2D eigenvalue weighted by atomic mass is 10.1. The van der Waals surface area contributed by atoms with E-state index in [4.69, 9.17) is 5.26 Å². The highest BCUT2D eigenvalue weighted by Gasteiger charge is 2.07. The molecule has 0 aliphatic carbocycles. The van der Waals surface area contributed by atoms with Crippen LogP contribution in [0.25, 0.3) is 0 Å². The maximum Gasteiger partial charge on any atom is 0.269 e. The first kappa shape index (κ1) is 14.7. The number of nitriles is 1. The van der Waals surface area contributed by atoms with Crippen molar-refractivity contribution in [2.24, 2.45) is 0 Å². The van der Waals surface area contributed by atoms with Gasteiger partial charge in [-0.25, -0.2) is 9.07 Å². The van der Waals surface area contributed by atoms with Gasteiger partial charge in [0.2, 0.25) is 0 Å². The Morgan fingerprint density at radius 2 is 2.19 bits per heavy atom. The van der Waals surface area contributed by atoms with Crippen LogP contribution in [-0.2, 0) is 6.54 Å². The van der Waals surface area contributed by atoms with Crippen LogP contribution in [0, 0.1) is 17.1 Å². The number of hydrogen-bond donors (Lipinski definition) is 1. The van der Waals surface area contributed by atoms with Crippen molar-refractivity contribution in [2.45, 2.75) is 26.4 Å². The minimum Gasteiger partial charge on any atom is -0.381 e. The van der Waals surface area contributed by atoms with E-state index in [9.17, 15) is 9.18 Å². The van der Waals surface area contributed by atoms with E-state index in [0.717, 1.165) is 6.07 Å². The predicted octanol–water partition coefficient (Wildman–Crippen LogP) is 2.12. The standard InChI is InChI=1S/C15H15FN4O/c1-10(2)19-13-6-15(21)20(18-8-13)9-12-4-3-11(7-17)5-14(12)16/h3-6,8,10,19H,9H2,1-2H3. The van der Waals surface area contributed by atoms with E-state index in [2.05, 4.69) is 10.4 Å². The van der Waals surface area contributed by atoms with E-state index < -0.39 is 5.82 Å². The number of aromatic nitrogens is 2. The summed E-state index contributed by atoms with van der Waals surface area (Å²) in [5.41, 5.74) is 0.872. The molecule has 2 aromatic rings. The zero-order valence-corrected chi connectivity index (χ0v) is 11.8. The van der Waals surface area contributed by atoms with Crippen molar-refractivity contribution in [1.82, 2.24) is 9.78 Å². The summed E-state index contributed by atoms with van der Waals surface area (Å²) in [6, 6.07) is 7.63. The molecule has 0 spiro atoms. The molecule has 108 valence electrons. The van der Waals surface area contributed by atoms with Gasteiger partial charge in [0.05, 0.1) is 30.1 Å². The van der Waals surface area contributed by atoms with Crippen LogP contribution in [-0.4, -0.2) is 15.8 Å². The molecule has 1 aromatic carbocycles. The molecule has 0 radical (unpaired) electrons. The number of rotatable bonds is 4. The van der Waals surface area contributed by atoms with Gasteiger partial charge in [0, 0.05) is 17.7 Å². The third-order valence-corrected chi connectivity index (χ3v) is 2.83. The van der Waals surface area contributed by atoms with Crippen molar-refractivity contribution >= 4 is 5.69 Å². The van der Waals surface area contributed by atoms with Gasteiger partial charge in [-0.05, 0) is 26.0 Å². The molecular formula is C15H15FN4O. The Balaban J connectivity index is 2.24. The molecule has 0 bridgehead atoms. The van der Waals surface area contributed by atoms with Gasteiger partial charge in [0.25, 0.3) is 5.56 Å². The predicted molar refractivity (Wildman–Crippen MR) is 77.5 cm³/mol. The van der Waals surface area contributed by atoms with Gasteiger partial charge < -0.3 is 5.32 Å². The second-order valence-corrected chi connectivity index (χ2v) is 4.96. The molecule has 1 N–H and O–H groups in total. The molecular weight excluding hydrogens is 271 g/mol. The van der Waals surface area contributed by atoms with Gasteiger partial charge in [-0.1, -0.05) is 6.07 Å². The van der Waals surface area contributed by atoms with Gasteiger partial charge in [-0.3, -0.25) is 4.79 Å². The summed E-state index contributed by atoms with van der Waals surface area (Å²) in [4.78, 5) is 11.9. The zero-order valence-electron chi connectivity index (χ0n) is 11.8. The Morgan fingerprint density at radius 3 is 2.76 bits per heavy atom. The maximum absolute atomic E-state index is 13.8. The lowest BCUT2D eigenvalue weighted by molar-refractivity contribution is 0.572. The Hall–Kier alpha value is -2.68. The van der Waals surface area contributed by atoms with Gasteiger partial charge in [-0.2, -0.15) is 10.4 Å². The molecule has 0 aliphatic rings. The van der Waals surface area contributed by atoms with Crippen LogP contribution in [0.5, 0.6) is 0 Å². The molecule has 21 heavy (non-hydrogen) atoms. The third-order valence-electron chi connectivity index (χ3n) is 2.83. The maximum atomic E-state index is 13.8. The fraction of sp³-hybridized carbons (Fsp3) is 0.267. The van der Waals surface area contributed by atoms with Crippen molar-refractivity contribution in [3.8, 4) is 6.07 Å². The van der Waals surface area contributed by atoms with E-state index in [1.807, 2.05) is 19.9 Å². The molecule has 2 rings (SSSR count). The minimum absolute atomic E-state index is 0.0261. The summed E-state index contributed by atoms with van der Waals surface area (Å²) >= 11 is 0. The van der Waals surface area contributed by atoms with E-state index in [1.54, 1.807) is 0 Å². The van der Waals surface area contributed by atoms with Crippen molar-refractivity contribution in [2.75, 3.05) is 5.32 Å². The zero-order chi connectivity index (χ0) is 15.4. The van der Waals surface area contributed by atoms with E-state index >= 15 is 0 Å². The fourth-order valence-electron chi connectivity index (χ4n) is 1.87. The first-order valence-corrected chi connectivity index (χ1v) is 6.52. The molecule has 1 aromatic heterocycles. The number of nitrogens with zero attached hydrogens (tertiary/aromatic N) is 3. The van der Waals surface area contributed by atoms with Crippen LogP contribution in [0.3, 0.4) is 0 Å². The third kappa shape index (κ3) is 3.66. The largest absolute Gasteiger partial charge is 0.381 e. The molecule has 0 saturated carbocycles. The summed E-state index contributed by atoms with van der Waals surface area (Å²) in [5, 5.41) is 15.8. The van der Waals surface area contributed by atoms with Crippen LogP contribution in [0.4, 0.5) is 10.1 Å². The molecule has 0 saturated heterocycles. The van der Waals surface area contributed by atoms with Crippen molar-refractivity contribution in [1.29, 1.82) is 5.26 Å². The highest BCUT2D eigenvalue weighted by molar-refractivity contribution is 5.39. The Kier molecular flexibility index (Phi) is 4.33. The quantitative estimate of drug-likeness (QED) is 0.934. The van der Waals surface area contributed by atoms with Crippen molar-refractivity contribution < 1.29 is 4.39 Å². The van der Waals surface area contributed by atoms with Crippen LogP contribution in [0.1, 0.15) is 25.0 Å². The van der Waals surface area contributed by atoms with Crippen LogP contribution in [0.15, 0.2) is 35.3 Å². The van der Waals surface area contributed by atoms with Crippen LogP contribution in [0.2, 0.25) is 0 Å². The monoisotopic (exact) mass is 286 g/mol. The number of nitrogens with one attached hydrogen (secondary N) is 1. The van der Waals surface area contributed by atoms with Crippen molar-refractivity contribution in [3.63, 3.8) is 0 Å². The topological polar surface area (TPSA) is 70.7 Å².